The number of esters is 1. The molecule has 0 aromatic carbocycles. The SMILES string of the molecule is CCCCCC=CCC=CCCCCCCCC(O)C(CCCCCCCC=CCC=CCCCCC)OC(=O)CCN(C)C. The Morgan fingerprint density at radius 1 is 0.578 bits per heavy atom. The van der Waals surface area contributed by atoms with E-state index in [-0.39, 0.29) is 12.1 Å². The topological polar surface area (TPSA) is 49.8 Å². The van der Waals surface area contributed by atoms with Crippen LogP contribution >= 0.6 is 0 Å². The monoisotopic (exact) mass is 630 g/mol. The normalized spacial score (nSPS) is 13.7. The zero-order chi connectivity index (χ0) is 33.1. The maximum atomic E-state index is 12.5. The maximum Gasteiger partial charge on any atom is 0.307 e. The molecule has 4 nitrogen and oxygen atoms in total. The Bertz CT molecular complexity index is 739. The van der Waals surface area contributed by atoms with Gasteiger partial charge in [0.05, 0.1) is 12.5 Å². The number of nitrogens with zero attached hydrogens (tertiary/aromatic N) is 1. The molecule has 45 heavy (non-hydrogen) atoms. The molecule has 0 aromatic heterocycles. The lowest BCUT2D eigenvalue weighted by Gasteiger charge is -2.24. The minimum atomic E-state index is -0.558. The quantitative estimate of drug-likeness (QED) is 0.0446. The minimum Gasteiger partial charge on any atom is -0.460 e. The van der Waals surface area contributed by atoms with Crippen molar-refractivity contribution < 1.29 is 14.6 Å². The Balaban J connectivity index is 4.13. The second kappa shape index (κ2) is 35.2. The number of unbranched alkanes of at least 4 members (excludes halogenated alkanes) is 16. The fourth-order valence-electron chi connectivity index (χ4n) is 5.38. The molecule has 0 heterocycles. The number of hydrogen-bond donors (Lipinski definition) is 1. The van der Waals surface area contributed by atoms with Gasteiger partial charge in [0.1, 0.15) is 6.10 Å². The molecule has 0 spiro atoms. The minimum absolute atomic E-state index is 0.185. The molecule has 0 saturated heterocycles. The molecule has 0 aliphatic carbocycles. The second-order valence-electron chi connectivity index (χ2n) is 13.2. The molecule has 0 saturated carbocycles. The van der Waals surface area contributed by atoms with Crippen molar-refractivity contribution in [3.8, 4) is 0 Å². The van der Waals surface area contributed by atoms with Gasteiger partial charge in [-0.1, -0.05) is 133 Å². The first-order valence-corrected chi connectivity index (χ1v) is 19.1. The van der Waals surface area contributed by atoms with Gasteiger partial charge in [0.25, 0.3) is 0 Å². The highest BCUT2D eigenvalue weighted by Crippen LogP contribution is 2.18. The largest absolute Gasteiger partial charge is 0.460 e. The molecule has 0 bridgehead atoms. The summed E-state index contributed by atoms with van der Waals surface area (Å²) in [5.74, 6) is -0.185. The third-order valence-corrected chi connectivity index (χ3v) is 8.36. The molecule has 0 radical (unpaired) electrons. The highest BCUT2D eigenvalue weighted by molar-refractivity contribution is 5.69. The van der Waals surface area contributed by atoms with Crippen LogP contribution in [-0.4, -0.2) is 48.8 Å². The summed E-state index contributed by atoms with van der Waals surface area (Å²) in [6, 6.07) is 0. The molecule has 4 heteroatoms. The van der Waals surface area contributed by atoms with Crippen LogP contribution in [0.2, 0.25) is 0 Å². The Morgan fingerprint density at radius 2 is 0.978 bits per heavy atom. The van der Waals surface area contributed by atoms with Gasteiger partial charge in [0.15, 0.2) is 0 Å². The smallest absolute Gasteiger partial charge is 0.307 e. The zero-order valence-electron chi connectivity index (χ0n) is 30.4. The summed E-state index contributed by atoms with van der Waals surface area (Å²) in [7, 11) is 3.93. The van der Waals surface area contributed by atoms with Gasteiger partial charge in [-0.25, -0.2) is 0 Å². The van der Waals surface area contributed by atoms with Crippen molar-refractivity contribution in [3.63, 3.8) is 0 Å². The highest BCUT2D eigenvalue weighted by Gasteiger charge is 2.22. The molecule has 0 aliphatic rings. The fraction of sp³-hybridized carbons (Fsp3) is 0.780. The molecule has 2 unspecified atom stereocenters. The lowest BCUT2D eigenvalue weighted by atomic mass is 9.99. The van der Waals surface area contributed by atoms with Gasteiger partial charge >= 0.3 is 5.97 Å². The standard InChI is InChI=1S/C41H75NO3/c1-5-7-9-11-13-15-17-19-21-23-25-27-29-31-33-35-39(43)40(45-41(44)37-38-42(3)4)36-34-32-30-28-26-24-22-20-18-16-14-12-10-8-6-2/h13-16,19-22,39-40,43H,5-12,17-18,23-38H2,1-4H3. The van der Waals surface area contributed by atoms with Crippen LogP contribution in [0.15, 0.2) is 48.6 Å². The number of aliphatic hydroxyl groups is 1. The molecule has 0 aliphatic heterocycles. The third-order valence-electron chi connectivity index (χ3n) is 8.36. The van der Waals surface area contributed by atoms with E-state index in [0.29, 0.717) is 13.0 Å². The molecule has 262 valence electrons. The predicted molar refractivity (Wildman–Crippen MR) is 198 cm³/mol. The number of hydrogen-bond acceptors (Lipinski definition) is 4. The van der Waals surface area contributed by atoms with Crippen molar-refractivity contribution in [2.75, 3.05) is 20.6 Å². The summed E-state index contributed by atoms with van der Waals surface area (Å²) in [6.45, 7) is 5.18. The number of ether oxygens (including phenoxy) is 1. The summed E-state index contributed by atoms with van der Waals surface area (Å²) in [6.07, 6.45) is 45.7. The van der Waals surface area contributed by atoms with Crippen LogP contribution in [0.4, 0.5) is 0 Å². The van der Waals surface area contributed by atoms with E-state index in [1.165, 1.54) is 89.9 Å². The summed E-state index contributed by atoms with van der Waals surface area (Å²) in [4.78, 5) is 14.5. The van der Waals surface area contributed by atoms with Crippen LogP contribution in [-0.2, 0) is 9.53 Å². The first-order chi connectivity index (χ1) is 22.0. The summed E-state index contributed by atoms with van der Waals surface area (Å²) < 4.78 is 5.81. The predicted octanol–water partition coefficient (Wildman–Crippen LogP) is 11.8. The van der Waals surface area contributed by atoms with Gasteiger partial charge in [-0.15, -0.1) is 0 Å². The highest BCUT2D eigenvalue weighted by atomic mass is 16.6. The van der Waals surface area contributed by atoms with E-state index < -0.39 is 6.10 Å². The molecular weight excluding hydrogens is 554 g/mol. The van der Waals surface area contributed by atoms with Crippen LogP contribution in [0.3, 0.4) is 0 Å². The van der Waals surface area contributed by atoms with Gasteiger partial charge < -0.3 is 14.7 Å². The Labute approximate surface area is 280 Å². The van der Waals surface area contributed by atoms with Crippen molar-refractivity contribution in [1.82, 2.24) is 4.90 Å². The van der Waals surface area contributed by atoms with Crippen LogP contribution in [0.5, 0.6) is 0 Å². The van der Waals surface area contributed by atoms with E-state index in [1.807, 2.05) is 19.0 Å². The first kappa shape index (κ1) is 43.4. The Hall–Kier alpha value is -1.65. The van der Waals surface area contributed by atoms with E-state index >= 15 is 0 Å². The zero-order valence-corrected chi connectivity index (χ0v) is 30.4. The number of aliphatic hydroxyl groups excluding tert-OH is 1. The molecule has 0 fully saturated rings. The average molecular weight is 630 g/mol. The number of carbonyl (C=O) groups excluding carboxylic acids is 1. The van der Waals surface area contributed by atoms with Crippen molar-refractivity contribution in [2.24, 2.45) is 0 Å². The fourth-order valence-corrected chi connectivity index (χ4v) is 5.38. The van der Waals surface area contributed by atoms with E-state index in [2.05, 4.69) is 62.5 Å². The van der Waals surface area contributed by atoms with Crippen LogP contribution < -0.4 is 0 Å². The Kier molecular flexibility index (Phi) is 33.9. The van der Waals surface area contributed by atoms with Crippen molar-refractivity contribution in [1.29, 1.82) is 0 Å². The van der Waals surface area contributed by atoms with E-state index in [9.17, 15) is 9.90 Å². The third kappa shape index (κ3) is 33.5. The Morgan fingerprint density at radius 3 is 1.42 bits per heavy atom. The van der Waals surface area contributed by atoms with E-state index in [4.69, 9.17) is 4.74 Å². The molecule has 0 aromatic rings. The summed E-state index contributed by atoms with van der Waals surface area (Å²) in [5.41, 5.74) is 0. The summed E-state index contributed by atoms with van der Waals surface area (Å²) in [5, 5.41) is 10.9. The second-order valence-corrected chi connectivity index (χ2v) is 13.2. The number of rotatable bonds is 33. The lowest BCUT2D eigenvalue weighted by Crippen LogP contribution is -2.32. The van der Waals surface area contributed by atoms with E-state index in [1.54, 1.807) is 0 Å². The maximum absolute atomic E-state index is 12.5. The van der Waals surface area contributed by atoms with Crippen molar-refractivity contribution >= 4 is 5.97 Å². The van der Waals surface area contributed by atoms with Crippen LogP contribution in [0.25, 0.3) is 0 Å². The molecular formula is C41H75NO3. The molecule has 1 N–H and O–H groups in total. The van der Waals surface area contributed by atoms with Crippen molar-refractivity contribution in [3.05, 3.63) is 48.6 Å². The van der Waals surface area contributed by atoms with Crippen LogP contribution in [0.1, 0.15) is 174 Å². The summed E-state index contributed by atoms with van der Waals surface area (Å²) >= 11 is 0. The molecule has 0 rings (SSSR count). The van der Waals surface area contributed by atoms with Crippen LogP contribution in [0, 0.1) is 0 Å². The van der Waals surface area contributed by atoms with E-state index in [0.717, 1.165) is 64.2 Å². The number of allylic oxidation sites excluding steroid dienone is 8. The lowest BCUT2D eigenvalue weighted by molar-refractivity contribution is -0.156. The molecule has 0 amide bonds. The molecule has 2 atom stereocenters. The average Bonchev–Trinajstić information content (AvgIpc) is 3.03. The van der Waals surface area contributed by atoms with Gasteiger partial charge in [-0.05, 0) is 97.6 Å². The van der Waals surface area contributed by atoms with Gasteiger partial charge in [-0.3, -0.25) is 4.79 Å². The number of carbonyl (C=O) groups is 1. The van der Waals surface area contributed by atoms with Gasteiger partial charge in [0.2, 0.25) is 0 Å². The van der Waals surface area contributed by atoms with Gasteiger partial charge in [-0.2, -0.15) is 0 Å². The first-order valence-electron chi connectivity index (χ1n) is 19.1. The van der Waals surface area contributed by atoms with Crippen molar-refractivity contribution in [2.45, 2.75) is 187 Å². The van der Waals surface area contributed by atoms with Gasteiger partial charge in [0, 0.05) is 6.54 Å².